The van der Waals surface area contributed by atoms with E-state index in [1.54, 1.807) is 0 Å². The molecule has 2 aliphatic rings. The lowest BCUT2D eigenvalue weighted by Gasteiger charge is -2.22. The number of allylic oxidation sites excluding steroid dienone is 1. The topological polar surface area (TPSA) is 20.2 Å². The van der Waals surface area contributed by atoms with Crippen molar-refractivity contribution >= 4 is 11.8 Å². The summed E-state index contributed by atoms with van der Waals surface area (Å²) in [5, 5.41) is 10.8. The molecule has 0 aromatic carbocycles. The van der Waals surface area contributed by atoms with E-state index in [1.807, 2.05) is 11.8 Å². The minimum Gasteiger partial charge on any atom is -0.392 e. The molecule has 0 aromatic heterocycles. The summed E-state index contributed by atoms with van der Waals surface area (Å²) in [5.41, 5.74) is 0. The summed E-state index contributed by atoms with van der Waals surface area (Å²) in [6.07, 6.45) is 6.65. The van der Waals surface area contributed by atoms with Crippen LogP contribution in [0.3, 0.4) is 0 Å². The number of hydrogen-bond donors (Lipinski definition) is 1. The van der Waals surface area contributed by atoms with E-state index in [1.165, 1.54) is 6.42 Å². The van der Waals surface area contributed by atoms with Gasteiger partial charge in [-0.25, -0.2) is 0 Å². The Morgan fingerprint density at radius 3 is 2.91 bits per heavy atom. The number of fused-ring (bicyclic) bond motifs is 2. The van der Waals surface area contributed by atoms with Gasteiger partial charge in [0.2, 0.25) is 0 Å². The fourth-order valence-corrected chi connectivity index (χ4v) is 3.64. The Morgan fingerprint density at radius 1 is 1.64 bits per heavy atom. The van der Waals surface area contributed by atoms with Gasteiger partial charge in [-0.2, -0.15) is 0 Å². The largest absolute Gasteiger partial charge is 0.392 e. The van der Waals surface area contributed by atoms with Gasteiger partial charge in [-0.1, -0.05) is 19.1 Å². The highest BCUT2D eigenvalue weighted by Gasteiger charge is 2.39. The first-order chi connectivity index (χ1) is 5.31. The SMILES string of the molecule is CC[C@@H](O)[C@H]1S[C@@H]2C=C[C@H]1C2. The quantitative estimate of drug-likeness (QED) is 0.638. The van der Waals surface area contributed by atoms with Gasteiger partial charge < -0.3 is 5.11 Å². The van der Waals surface area contributed by atoms with Gasteiger partial charge in [0.1, 0.15) is 0 Å². The molecule has 0 amide bonds. The molecule has 0 radical (unpaired) electrons. The Kier molecular flexibility index (Phi) is 1.98. The summed E-state index contributed by atoms with van der Waals surface area (Å²) in [4.78, 5) is 0. The minimum absolute atomic E-state index is 0.0834. The maximum absolute atomic E-state index is 9.63. The zero-order chi connectivity index (χ0) is 7.84. The van der Waals surface area contributed by atoms with Crippen LogP contribution in [0.15, 0.2) is 12.2 Å². The molecule has 1 N–H and O–H groups in total. The first-order valence-corrected chi connectivity index (χ1v) is 5.27. The molecule has 2 bridgehead atoms. The lowest BCUT2D eigenvalue weighted by atomic mass is 10.00. The molecule has 1 nitrogen and oxygen atoms in total. The monoisotopic (exact) mass is 170 g/mol. The van der Waals surface area contributed by atoms with E-state index in [4.69, 9.17) is 0 Å². The van der Waals surface area contributed by atoms with Gasteiger partial charge in [0.05, 0.1) is 6.10 Å². The smallest absolute Gasteiger partial charge is 0.0662 e. The van der Waals surface area contributed by atoms with Gasteiger partial charge in [0.25, 0.3) is 0 Å². The lowest BCUT2D eigenvalue weighted by Crippen LogP contribution is -2.26. The highest BCUT2D eigenvalue weighted by molar-refractivity contribution is 8.01. The van der Waals surface area contributed by atoms with E-state index in [-0.39, 0.29) is 6.10 Å². The summed E-state index contributed by atoms with van der Waals surface area (Å²) < 4.78 is 0. The van der Waals surface area contributed by atoms with Crippen molar-refractivity contribution in [3.63, 3.8) is 0 Å². The molecule has 1 fully saturated rings. The van der Waals surface area contributed by atoms with Crippen molar-refractivity contribution in [3.8, 4) is 0 Å². The summed E-state index contributed by atoms with van der Waals surface area (Å²) in [5.74, 6) is 0.667. The number of thioether (sulfide) groups is 1. The van der Waals surface area contributed by atoms with E-state index in [9.17, 15) is 5.11 Å². The van der Waals surface area contributed by atoms with Gasteiger partial charge in [-0.15, -0.1) is 11.8 Å². The highest BCUT2D eigenvalue weighted by Crippen LogP contribution is 2.46. The molecule has 0 spiro atoms. The highest BCUT2D eigenvalue weighted by atomic mass is 32.2. The number of aliphatic hydroxyl groups is 1. The first-order valence-electron chi connectivity index (χ1n) is 4.33. The standard InChI is InChI=1S/C9H14OS/c1-2-8(10)9-6-3-4-7(5-6)11-9/h3-4,6-10H,2,5H2,1H3/t6-,7+,8+,9-/m0/s1. The Balaban J connectivity index is 2.02. The third-order valence-corrected chi connectivity index (χ3v) is 4.31. The van der Waals surface area contributed by atoms with Crippen molar-refractivity contribution in [2.45, 2.75) is 36.4 Å². The predicted octanol–water partition coefficient (Wildman–Crippen LogP) is 1.82. The first kappa shape index (κ1) is 7.69. The van der Waals surface area contributed by atoms with E-state index in [2.05, 4.69) is 19.1 Å². The fraction of sp³-hybridized carbons (Fsp3) is 0.778. The third kappa shape index (κ3) is 1.23. The molecule has 0 aromatic rings. The zero-order valence-electron chi connectivity index (χ0n) is 6.73. The summed E-state index contributed by atoms with van der Waals surface area (Å²) in [6.45, 7) is 2.06. The lowest BCUT2D eigenvalue weighted by molar-refractivity contribution is 0.156. The molecular weight excluding hydrogens is 156 g/mol. The molecule has 1 saturated heterocycles. The number of aliphatic hydroxyl groups excluding tert-OH is 1. The Hall–Kier alpha value is 0.0500. The summed E-state index contributed by atoms with van der Waals surface area (Å²) >= 11 is 1.96. The summed E-state index contributed by atoms with van der Waals surface area (Å²) in [6, 6.07) is 0. The van der Waals surface area contributed by atoms with E-state index in [0.29, 0.717) is 16.4 Å². The van der Waals surface area contributed by atoms with Crippen molar-refractivity contribution in [1.82, 2.24) is 0 Å². The minimum atomic E-state index is -0.0834. The predicted molar refractivity (Wildman–Crippen MR) is 48.7 cm³/mol. The molecule has 1 aliphatic carbocycles. The second-order valence-electron chi connectivity index (χ2n) is 3.40. The average molecular weight is 170 g/mol. The third-order valence-electron chi connectivity index (χ3n) is 2.63. The molecule has 1 heterocycles. The van der Waals surface area contributed by atoms with Crippen LogP contribution in [-0.4, -0.2) is 21.7 Å². The molecule has 2 rings (SSSR count). The van der Waals surface area contributed by atoms with Crippen molar-refractivity contribution in [3.05, 3.63) is 12.2 Å². The van der Waals surface area contributed by atoms with Gasteiger partial charge in [0.15, 0.2) is 0 Å². The van der Waals surface area contributed by atoms with Crippen molar-refractivity contribution in [1.29, 1.82) is 0 Å². The Morgan fingerprint density at radius 2 is 2.45 bits per heavy atom. The van der Waals surface area contributed by atoms with Crippen LogP contribution in [0.1, 0.15) is 19.8 Å². The molecule has 2 heteroatoms. The molecule has 1 aliphatic heterocycles. The fourth-order valence-electron chi connectivity index (χ4n) is 1.95. The number of rotatable bonds is 2. The Labute approximate surface area is 71.9 Å². The molecule has 0 unspecified atom stereocenters. The molecule has 4 atom stereocenters. The molecule has 11 heavy (non-hydrogen) atoms. The van der Waals surface area contributed by atoms with Gasteiger partial charge in [-0.05, 0) is 18.8 Å². The van der Waals surface area contributed by atoms with Crippen molar-refractivity contribution < 1.29 is 5.11 Å². The van der Waals surface area contributed by atoms with Crippen LogP contribution >= 0.6 is 11.8 Å². The van der Waals surface area contributed by atoms with Crippen molar-refractivity contribution in [2.75, 3.05) is 0 Å². The van der Waals surface area contributed by atoms with Gasteiger partial charge >= 0.3 is 0 Å². The average Bonchev–Trinajstić information content (AvgIpc) is 2.62. The molecule has 0 saturated carbocycles. The van der Waals surface area contributed by atoms with Crippen LogP contribution in [0.5, 0.6) is 0 Å². The molecule has 62 valence electrons. The van der Waals surface area contributed by atoms with Crippen LogP contribution in [-0.2, 0) is 0 Å². The maximum atomic E-state index is 9.63. The maximum Gasteiger partial charge on any atom is 0.0662 e. The zero-order valence-corrected chi connectivity index (χ0v) is 7.55. The Bertz CT molecular complexity index is 178. The number of hydrogen-bond acceptors (Lipinski definition) is 2. The molecular formula is C9H14OS. The second kappa shape index (κ2) is 2.83. The van der Waals surface area contributed by atoms with Gasteiger partial charge in [0, 0.05) is 10.5 Å². The van der Waals surface area contributed by atoms with E-state index >= 15 is 0 Å². The van der Waals surface area contributed by atoms with E-state index < -0.39 is 0 Å². The van der Waals surface area contributed by atoms with Crippen LogP contribution < -0.4 is 0 Å². The van der Waals surface area contributed by atoms with Gasteiger partial charge in [-0.3, -0.25) is 0 Å². The normalized spacial score (nSPS) is 43.3. The second-order valence-corrected chi connectivity index (χ2v) is 4.82. The summed E-state index contributed by atoms with van der Waals surface area (Å²) in [7, 11) is 0. The van der Waals surface area contributed by atoms with Crippen LogP contribution in [0.2, 0.25) is 0 Å². The van der Waals surface area contributed by atoms with Crippen LogP contribution in [0, 0.1) is 5.92 Å². The van der Waals surface area contributed by atoms with E-state index in [0.717, 1.165) is 6.42 Å². The van der Waals surface area contributed by atoms with Crippen LogP contribution in [0.25, 0.3) is 0 Å². The van der Waals surface area contributed by atoms with Crippen molar-refractivity contribution in [2.24, 2.45) is 5.92 Å². The van der Waals surface area contributed by atoms with Crippen LogP contribution in [0.4, 0.5) is 0 Å².